The van der Waals surface area contributed by atoms with E-state index in [1.165, 1.54) is 0 Å². The Morgan fingerprint density at radius 2 is 2.44 bits per heavy atom. The Kier molecular flexibility index (Phi) is 3.47. The van der Waals surface area contributed by atoms with E-state index < -0.39 is 5.41 Å². The maximum atomic E-state index is 11.9. The summed E-state index contributed by atoms with van der Waals surface area (Å²) in [6, 6.07) is 5.70. The molecular formula is C13H15N3O2. The van der Waals surface area contributed by atoms with Crippen molar-refractivity contribution in [3.63, 3.8) is 0 Å². The van der Waals surface area contributed by atoms with Crippen LogP contribution in [0, 0.1) is 16.7 Å². The van der Waals surface area contributed by atoms with E-state index in [2.05, 4.69) is 16.4 Å². The van der Waals surface area contributed by atoms with E-state index >= 15 is 0 Å². The van der Waals surface area contributed by atoms with Gasteiger partial charge in [-0.2, -0.15) is 5.26 Å². The molecule has 1 aliphatic carbocycles. The zero-order valence-electron chi connectivity index (χ0n) is 10.3. The highest BCUT2D eigenvalue weighted by Gasteiger charge is 2.44. The number of amides is 1. The first-order valence-electron chi connectivity index (χ1n) is 5.89. The fourth-order valence-electron chi connectivity index (χ4n) is 1.94. The molecule has 1 saturated carbocycles. The molecule has 1 amide bonds. The van der Waals surface area contributed by atoms with Crippen LogP contribution in [-0.2, 0) is 11.3 Å². The number of nitriles is 1. The van der Waals surface area contributed by atoms with Gasteiger partial charge in [0.25, 0.3) is 0 Å². The molecule has 18 heavy (non-hydrogen) atoms. The molecule has 1 aliphatic rings. The molecule has 2 rings (SSSR count). The average Bonchev–Trinajstić information content (AvgIpc) is 2.36. The Morgan fingerprint density at radius 3 is 3.00 bits per heavy atom. The van der Waals surface area contributed by atoms with Gasteiger partial charge in [0, 0.05) is 18.8 Å². The summed E-state index contributed by atoms with van der Waals surface area (Å²) in [7, 11) is 1.55. The van der Waals surface area contributed by atoms with E-state index in [4.69, 9.17) is 10.00 Å². The lowest BCUT2D eigenvalue weighted by molar-refractivity contribution is -0.131. The highest BCUT2D eigenvalue weighted by molar-refractivity contribution is 5.86. The van der Waals surface area contributed by atoms with Gasteiger partial charge in [-0.15, -0.1) is 0 Å². The summed E-state index contributed by atoms with van der Waals surface area (Å²) in [6.45, 7) is 0.390. The van der Waals surface area contributed by atoms with E-state index in [1.54, 1.807) is 19.4 Å². The predicted molar refractivity (Wildman–Crippen MR) is 64.5 cm³/mol. The van der Waals surface area contributed by atoms with Crippen LogP contribution in [0.1, 0.15) is 24.8 Å². The molecule has 1 aromatic rings. The summed E-state index contributed by atoms with van der Waals surface area (Å²) < 4.78 is 5.01. The van der Waals surface area contributed by atoms with Crippen LogP contribution in [0.5, 0.6) is 5.88 Å². The normalized spacial score (nSPS) is 16.2. The Bertz CT molecular complexity index is 489. The van der Waals surface area contributed by atoms with Gasteiger partial charge in [-0.05, 0) is 30.9 Å². The van der Waals surface area contributed by atoms with Crippen molar-refractivity contribution < 1.29 is 9.53 Å². The Labute approximate surface area is 106 Å². The van der Waals surface area contributed by atoms with E-state index in [0.717, 1.165) is 12.0 Å². The zero-order valence-corrected chi connectivity index (χ0v) is 10.3. The van der Waals surface area contributed by atoms with Crippen LogP contribution in [0.25, 0.3) is 0 Å². The van der Waals surface area contributed by atoms with Crippen molar-refractivity contribution in [1.82, 2.24) is 10.3 Å². The van der Waals surface area contributed by atoms with Crippen LogP contribution in [0.4, 0.5) is 0 Å². The topological polar surface area (TPSA) is 75.0 Å². The lowest BCUT2D eigenvalue weighted by Gasteiger charge is -2.33. The van der Waals surface area contributed by atoms with Gasteiger partial charge in [0.05, 0.1) is 13.2 Å². The minimum atomic E-state index is -0.795. The molecular weight excluding hydrogens is 230 g/mol. The summed E-state index contributed by atoms with van der Waals surface area (Å²) in [5.74, 6) is 0.340. The van der Waals surface area contributed by atoms with E-state index in [1.807, 2.05) is 6.07 Å². The zero-order chi connectivity index (χ0) is 13.0. The molecule has 0 saturated heterocycles. The van der Waals surface area contributed by atoms with Crippen LogP contribution in [0.2, 0.25) is 0 Å². The highest BCUT2D eigenvalue weighted by atomic mass is 16.5. The third-order valence-corrected chi connectivity index (χ3v) is 3.32. The van der Waals surface area contributed by atoms with Crippen LogP contribution in [0.3, 0.4) is 0 Å². The number of carbonyl (C=O) groups excluding carboxylic acids is 1. The molecule has 94 valence electrons. The number of hydrogen-bond donors (Lipinski definition) is 1. The quantitative estimate of drug-likeness (QED) is 0.870. The first-order valence-corrected chi connectivity index (χ1v) is 5.89. The lowest BCUT2D eigenvalue weighted by Crippen LogP contribution is -2.44. The molecule has 0 radical (unpaired) electrons. The fraction of sp³-hybridized carbons (Fsp3) is 0.462. The van der Waals surface area contributed by atoms with Gasteiger partial charge in [-0.3, -0.25) is 4.79 Å². The molecule has 0 aliphatic heterocycles. The third-order valence-electron chi connectivity index (χ3n) is 3.32. The molecule has 5 heteroatoms. The molecule has 0 spiro atoms. The molecule has 0 unspecified atom stereocenters. The average molecular weight is 245 g/mol. The molecule has 0 aromatic carbocycles. The number of aromatic nitrogens is 1. The van der Waals surface area contributed by atoms with Crippen molar-refractivity contribution >= 4 is 5.91 Å². The van der Waals surface area contributed by atoms with Gasteiger partial charge >= 0.3 is 0 Å². The van der Waals surface area contributed by atoms with Gasteiger partial charge in [-0.1, -0.05) is 0 Å². The maximum Gasteiger partial charge on any atom is 0.240 e. The van der Waals surface area contributed by atoms with Gasteiger partial charge in [-0.25, -0.2) is 4.98 Å². The fourth-order valence-corrected chi connectivity index (χ4v) is 1.94. The number of rotatable bonds is 4. The number of carbonyl (C=O) groups is 1. The van der Waals surface area contributed by atoms with Gasteiger partial charge in [0.2, 0.25) is 11.8 Å². The molecule has 1 fully saturated rings. The molecule has 0 atom stereocenters. The largest absolute Gasteiger partial charge is 0.481 e. The summed E-state index contributed by atoms with van der Waals surface area (Å²) in [4.78, 5) is 15.9. The van der Waals surface area contributed by atoms with Crippen molar-refractivity contribution in [3.05, 3.63) is 23.9 Å². The van der Waals surface area contributed by atoms with E-state index in [0.29, 0.717) is 25.3 Å². The lowest BCUT2D eigenvalue weighted by atomic mass is 9.69. The second-order valence-corrected chi connectivity index (χ2v) is 4.44. The molecule has 5 nitrogen and oxygen atoms in total. The second-order valence-electron chi connectivity index (χ2n) is 4.44. The summed E-state index contributed by atoms with van der Waals surface area (Å²) in [6.07, 6.45) is 3.90. The van der Waals surface area contributed by atoms with Gasteiger partial charge in [0.1, 0.15) is 5.41 Å². The van der Waals surface area contributed by atoms with Crippen LogP contribution >= 0.6 is 0 Å². The van der Waals surface area contributed by atoms with E-state index in [-0.39, 0.29) is 5.91 Å². The van der Waals surface area contributed by atoms with E-state index in [9.17, 15) is 4.79 Å². The number of pyridine rings is 1. The smallest absolute Gasteiger partial charge is 0.240 e. The molecule has 1 N–H and O–H groups in total. The van der Waals surface area contributed by atoms with Crippen LogP contribution < -0.4 is 10.1 Å². The number of methoxy groups -OCH3 is 1. The molecule has 1 heterocycles. The SMILES string of the molecule is COc1cc(CNC(=O)C2(C#N)CCC2)ccn1. The monoisotopic (exact) mass is 245 g/mol. The number of ether oxygens (including phenoxy) is 1. The highest BCUT2D eigenvalue weighted by Crippen LogP contribution is 2.40. The minimum absolute atomic E-state index is 0.174. The number of nitrogens with zero attached hydrogens (tertiary/aromatic N) is 2. The Morgan fingerprint density at radius 1 is 1.67 bits per heavy atom. The van der Waals surface area contributed by atoms with Crippen LogP contribution in [-0.4, -0.2) is 18.0 Å². The second kappa shape index (κ2) is 5.05. The van der Waals surface area contributed by atoms with Crippen molar-refractivity contribution in [2.45, 2.75) is 25.8 Å². The summed E-state index contributed by atoms with van der Waals surface area (Å²) >= 11 is 0. The third kappa shape index (κ3) is 2.28. The van der Waals surface area contributed by atoms with Crippen molar-refractivity contribution in [3.8, 4) is 11.9 Å². The van der Waals surface area contributed by atoms with Crippen molar-refractivity contribution in [2.24, 2.45) is 5.41 Å². The molecule has 1 aromatic heterocycles. The standard InChI is InChI=1S/C13H15N3O2/c1-18-11-7-10(3-6-15-11)8-16-12(17)13(9-14)4-2-5-13/h3,6-7H,2,4-5,8H2,1H3,(H,16,17). The Balaban J connectivity index is 1.95. The predicted octanol–water partition coefficient (Wildman–Crippen LogP) is 1.40. The first-order chi connectivity index (χ1) is 8.70. The van der Waals surface area contributed by atoms with Crippen molar-refractivity contribution in [2.75, 3.05) is 7.11 Å². The number of nitrogens with one attached hydrogen (secondary N) is 1. The molecule has 0 bridgehead atoms. The maximum absolute atomic E-state index is 11.9. The summed E-state index contributed by atoms with van der Waals surface area (Å²) in [5, 5.41) is 11.8. The minimum Gasteiger partial charge on any atom is -0.481 e. The summed E-state index contributed by atoms with van der Waals surface area (Å²) in [5.41, 5.74) is 0.111. The van der Waals surface area contributed by atoms with Gasteiger partial charge in [0.15, 0.2) is 0 Å². The number of hydrogen-bond acceptors (Lipinski definition) is 4. The Hall–Kier alpha value is -2.09. The van der Waals surface area contributed by atoms with Gasteiger partial charge < -0.3 is 10.1 Å². The van der Waals surface area contributed by atoms with Crippen molar-refractivity contribution in [1.29, 1.82) is 5.26 Å². The first kappa shape index (κ1) is 12.4. The van der Waals surface area contributed by atoms with Crippen LogP contribution in [0.15, 0.2) is 18.3 Å².